The van der Waals surface area contributed by atoms with Gasteiger partial charge in [0.1, 0.15) is 0 Å². The van der Waals surface area contributed by atoms with Gasteiger partial charge in [0, 0.05) is 18.3 Å². The summed E-state index contributed by atoms with van der Waals surface area (Å²) in [5.74, 6) is 1.02. The Morgan fingerprint density at radius 1 is 1.04 bits per heavy atom. The van der Waals surface area contributed by atoms with Gasteiger partial charge < -0.3 is 20.1 Å². The topological polar surface area (TPSA) is 59.6 Å². The highest BCUT2D eigenvalue weighted by molar-refractivity contribution is 5.91. The molecule has 1 amide bonds. The molecule has 0 aliphatic heterocycles. The second-order valence-corrected chi connectivity index (χ2v) is 6.61. The lowest BCUT2D eigenvalue weighted by molar-refractivity contribution is -0.118. The Labute approximate surface area is 162 Å². The van der Waals surface area contributed by atoms with Crippen molar-refractivity contribution in [1.29, 1.82) is 0 Å². The number of rotatable bonds is 10. The van der Waals surface area contributed by atoms with Crippen molar-refractivity contribution in [3.8, 4) is 11.5 Å². The van der Waals surface area contributed by atoms with Crippen molar-refractivity contribution >= 4 is 11.6 Å². The molecule has 5 heteroatoms. The van der Waals surface area contributed by atoms with Gasteiger partial charge in [0.25, 0.3) is 5.91 Å². The standard InChI is InChI=1S/C22H30N2O3/c1-5-17(4)23-14-18-9-12-20(21(13-18)26-6-2)27-15-22(25)24-19-10-7-16(3)8-11-19/h7-13,17,23H,5-6,14-15H2,1-4H3,(H,24,25)/t17-/m1/s1. The van der Waals surface area contributed by atoms with Crippen LogP contribution in [0.5, 0.6) is 11.5 Å². The summed E-state index contributed by atoms with van der Waals surface area (Å²) in [5, 5.41) is 6.28. The molecule has 0 unspecified atom stereocenters. The molecule has 0 spiro atoms. The van der Waals surface area contributed by atoms with Crippen molar-refractivity contribution in [2.75, 3.05) is 18.5 Å². The average molecular weight is 370 g/mol. The lowest BCUT2D eigenvalue weighted by atomic mass is 10.1. The summed E-state index contributed by atoms with van der Waals surface area (Å²) < 4.78 is 11.4. The van der Waals surface area contributed by atoms with E-state index < -0.39 is 0 Å². The highest BCUT2D eigenvalue weighted by Gasteiger charge is 2.10. The summed E-state index contributed by atoms with van der Waals surface area (Å²) >= 11 is 0. The molecule has 2 aromatic rings. The summed E-state index contributed by atoms with van der Waals surface area (Å²) in [4.78, 5) is 12.1. The molecule has 27 heavy (non-hydrogen) atoms. The number of hydrogen-bond donors (Lipinski definition) is 2. The van der Waals surface area contributed by atoms with E-state index in [-0.39, 0.29) is 12.5 Å². The third kappa shape index (κ3) is 6.94. The fourth-order valence-corrected chi connectivity index (χ4v) is 2.46. The second kappa shape index (κ2) is 10.6. The molecule has 0 heterocycles. The van der Waals surface area contributed by atoms with Crippen molar-refractivity contribution in [3.05, 3.63) is 53.6 Å². The third-order valence-electron chi connectivity index (χ3n) is 4.27. The van der Waals surface area contributed by atoms with Crippen LogP contribution in [0.15, 0.2) is 42.5 Å². The van der Waals surface area contributed by atoms with Gasteiger partial charge in [-0.15, -0.1) is 0 Å². The van der Waals surface area contributed by atoms with E-state index in [1.807, 2.05) is 56.3 Å². The molecule has 0 aromatic heterocycles. The van der Waals surface area contributed by atoms with E-state index in [9.17, 15) is 4.79 Å². The molecule has 0 radical (unpaired) electrons. The highest BCUT2D eigenvalue weighted by Crippen LogP contribution is 2.28. The Bertz CT molecular complexity index is 729. The predicted octanol–water partition coefficient (Wildman–Crippen LogP) is 4.30. The lowest BCUT2D eigenvalue weighted by Crippen LogP contribution is -2.24. The fourth-order valence-electron chi connectivity index (χ4n) is 2.46. The van der Waals surface area contributed by atoms with Gasteiger partial charge >= 0.3 is 0 Å². The SMILES string of the molecule is CCOc1cc(CN[C@H](C)CC)ccc1OCC(=O)Nc1ccc(C)cc1. The van der Waals surface area contributed by atoms with E-state index in [2.05, 4.69) is 24.5 Å². The molecule has 2 rings (SSSR count). The molecule has 0 saturated heterocycles. The van der Waals surface area contributed by atoms with Crippen molar-refractivity contribution in [3.63, 3.8) is 0 Å². The van der Waals surface area contributed by atoms with E-state index in [4.69, 9.17) is 9.47 Å². The van der Waals surface area contributed by atoms with E-state index >= 15 is 0 Å². The van der Waals surface area contributed by atoms with E-state index in [0.717, 1.165) is 29.8 Å². The molecular formula is C22H30N2O3. The Balaban J connectivity index is 1.95. The zero-order chi connectivity index (χ0) is 19.6. The number of nitrogens with one attached hydrogen (secondary N) is 2. The van der Waals surface area contributed by atoms with Crippen LogP contribution in [-0.4, -0.2) is 25.2 Å². The fraction of sp³-hybridized carbons (Fsp3) is 0.409. The molecule has 2 aromatic carbocycles. The van der Waals surface area contributed by atoms with Crippen LogP contribution in [0, 0.1) is 6.92 Å². The number of hydrogen-bond acceptors (Lipinski definition) is 4. The third-order valence-corrected chi connectivity index (χ3v) is 4.27. The zero-order valence-electron chi connectivity index (χ0n) is 16.7. The Morgan fingerprint density at radius 3 is 2.44 bits per heavy atom. The van der Waals surface area contributed by atoms with Crippen LogP contribution in [0.2, 0.25) is 0 Å². The number of anilines is 1. The maximum atomic E-state index is 12.1. The molecule has 0 saturated carbocycles. The molecule has 2 N–H and O–H groups in total. The molecule has 0 aliphatic rings. The van der Waals surface area contributed by atoms with Crippen molar-refractivity contribution < 1.29 is 14.3 Å². The van der Waals surface area contributed by atoms with Gasteiger partial charge in [-0.3, -0.25) is 4.79 Å². The van der Waals surface area contributed by atoms with E-state index in [0.29, 0.717) is 24.1 Å². The van der Waals surface area contributed by atoms with Crippen LogP contribution < -0.4 is 20.1 Å². The maximum Gasteiger partial charge on any atom is 0.262 e. The number of carbonyl (C=O) groups excluding carboxylic acids is 1. The van der Waals surface area contributed by atoms with Crippen LogP contribution in [0.4, 0.5) is 5.69 Å². The molecule has 0 bridgehead atoms. The van der Waals surface area contributed by atoms with Crippen LogP contribution >= 0.6 is 0 Å². The minimum absolute atomic E-state index is 0.0710. The molecule has 0 fully saturated rings. The van der Waals surface area contributed by atoms with Gasteiger partial charge in [-0.25, -0.2) is 0 Å². The summed E-state index contributed by atoms with van der Waals surface area (Å²) in [7, 11) is 0. The molecule has 1 atom stereocenters. The van der Waals surface area contributed by atoms with Gasteiger partial charge in [0.05, 0.1) is 6.61 Å². The van der Waals surface area contributed by atoms with Crippen molar-refractivity contribution in [2.24, 2.45) is 0 Å². The number of amides is 1. The van der Waals surface area contributed by atoms with Gasteiger partial charge in [-0.1, -0.05) is 30.7 Å². The average Bonchev–Trinajstić information content (AvgIpc) is 2.67. The maximum absolute atomic E-state index is 12.1. The van der Waals surface area contributed by atoms with Crippen LogP contribution in [0.1, 0.15) is 38.3 Å². The Hall–Kier alpha value is -2.53. The van der Waals surface area contributed by atoms with E-state index in [1.54, 1.807) is 0 Å². The molecule has 5 nitrogen and oxygen atoms in total. The first-order valence-corrected chi connectivity index (χ1v) is 9.50. The van der Waals surface area contributed by atoms with E-state index in [1.165, 1.54) is 0 Å². The summed E-state index contributed by atoms with van der Waals surface area (Å²) in [5.41, 5.74) is 3.02. The first kappa shape index (κ1) is 20.8. The summed E-state index contributed by atoms with van der Waals surface area (Å²) in [6, 6.07) is 13.9. The number of carbonyl (C=O) groups is 1. The Kier molecular flexibility index (Phi) is 8.14. The van der Waals surface area contributed by atoms with Gasteiger partial charge in [0.15, 0.2) is 18.1 Å². The largest absolute Gasteiger partial charge is 0.490 e. The van der Waals surface area contributed by atoms with Gasteiger partial charge in [0.2, 0.25) is 0 Å². The predicted molar refractivity (Wildman–Crippen MR) is 110 cm³/mol. The number of ether oxygens (including phenoxy) is 2. The first-order chi connectivity index (χ1) is 13.0. The van der Waals surface area contributed by atoms with Crippen LogP contribution in [0.3, 0.4) is 0 Å². The smallest absolute Gasteiger partial charge is 0.262 e. The van der Waals surface area contributed by atoms with Crippen molar-refractivity contribution in [2.45, 2.75) is 46.7 Å². The highest BCUT2D eigenvalue weighted by atomic mass is 16.5. The van der Waals surface area contributed by atoms with Crippen LogP contribution in [0.25, 0.3) is 0 Å². The molecule has 146 valence electrons. The quantitative estimate of drug-likeness (QED) is 0.655. The number of benzene rings is 2. The van der Waals surface area contributed by atoms with Gasteiger partial charge in [-0.05, 0) is 57.0 Å². The second-order valence-electron chi connectivity index (χ2n) is 6.61. The first-order valence-electron chi connectivity index (χ1n) is 9.50. The summed E-state index contributed by atoms with van der Waals surface area (Å²) in [6.07, 6.45) is 1.08. The minimum atomic E-state index is -0.205. The Morgan fingerprint density at radius 2 is 1.78 bits per heavy atom. The monoisotopic (exact) mass is 370 g/mol. The van der Waals surface area contributed by atoms with Crippen molar-refractivity contribution in [1.82, 2.24) is 5.32 Å². The lowest BCUT2D eigenvalue weighted by Gasteiger charge is -2.15. The van der Waals surface area contributed by atoms with Crippen LogP contribution in [-0.2, 0) is 11.3 Å². The summed E-state index contributed by atoms with van der Waals surface area (Å²) in [6.45, 7) is 9.48. The zero-order valence-corrected chi connectivity index (χ0v) is 16.7. The molecular weight excluding hydrogens is 340 g/mol. The van der Waals surface area contributed by atoms with Gasteiger partial charge in [-0.2, -0.15) is 0 Å². The molecule has 0 aliphatic carbocycles. The number of aryl methyl sites for hydroxylation is 1. The normalized spacial score (nSPS) is 11.7. The minimum Gasteiger partial charge on any atom is -0.490 e.